The van der Waals surface area contributed by atoms with Crippen molar-refractivity contribution in [3.63, 3.8) is 0 Å². The first-order valence-electron chi connectivity index (χ1n) is 22.6. The first-order chi connectivity index (χ1) is 32.4. The van der Waals surface area contributed by atoms with Crippen LogP contribution in [0.1, 0.15) is 124 Å². The molecule has 0 saturated carbocycles. The topological polar surface area (TPSA) is 207 Å². The summed E-state index contributed by atoms with van der Waals surface area (Å²) in [6, 6.07) is 20.9. The van der Waals surface area contributed by atoms with Crippen LogP contribution in [0.2, 0.25) is 0 Å². The number of amides is 1. The molecule has 0 saturated heterocycles. The number of rotatable bonds is 31. The lowest BCUT2D eigenvalue weighted by Crippen LogP contribution is -2.56. The molecule has 15 nitrogen and oxygen atoms in total. The number of benzene rings is 3. The number of esters is 5. The van der Waals surface area contributed by atoms with Crippen LogP contribution in [-0.4, -0.2) is 85.6 Å². The van der Waals surface area contributed by atoms with Crippen LogP contribution in [0, 0.1) is 17.8 Å². The molecule has 3 aromatic rings. The van der Waals surface area contributed by atoms with E-state index >= 15 is 0 Å². The number of ketones is 1. The van der Waals surface area contributed by atoms with Crippen LogP contribution in [0.3, 0.4) is 0 Å². The molecule has 0 heterocycles. The largest absolute Gasteiger partial charge is 0.481 e. The maximum absolute atomic E-state index is 14.4. The minimum absolute atomic E-state index is 0.0988. The predicted molar refractivity (Wildman–Crippen MR) is 247 cm³/mol. The lowest BCUT2D eigenvalue weighted by atomic mass is 9.82. The zero-order valence-corrected chi connectivity index (χ0v) is 38.7. The standard InChI is InChI=1S/C52H63NO14/c1-4-6-8-11-20-27-42(54)28-21-12-9-10-13-22-29-44(47(56)53-45(50(59)62-3)35-39-30-32-43(33-31-39)63-34-7-5-2)52(61,51(60)67-38-66-49(58)41-25-18-15-19-26-41)36-46(55)64-37-65-48(57)40-23-16-14-17-24-40/h14-19,22-26,29-33,44-45,61H,4,6,8-13,20-21,27-28,34-38H2,1-3H3,(H,53,56)/b29-22+/t44-,45+,52+/m1/s1. The maximum atomic E-state index is 14.4. The van der Waals surface area contributed by atoms with E-state index in [2.05, 4.69) is 24.1 Å². The third-order valence-electron chi connectivity index (χ3n) is 10.5. The van der Waals surface area contributed by atoms with Crippen molar-refractivity contribution in [2.24, 2.45) is 5.92 Å². The Morgan fingerprint density at radius 3 is 1.85 bits per heavy atom. The van der Waals surface area contributed by atoms with Crippen molar-refractivity contribution in [1.82, 2.24) is 5.32 Å². The van der Waals surface area contributed by atoms with Gasteiger partial charge in [-0.1, -0.05) is 112 Å². The number of carbonyl (C=O) groups excluding carboxylic acids is 7. The van der Waals surface area contributed by atoms with Crippen molar-refractivity contribution in [2.75, 3.05) is 27.3 Å². The van der Waals surface area contributed by atoms with Crippen LogP contribution in [0.15, 0.2) is 97.1 Å². The van der Waals surface area contributed by atoms with Crippen molar-refractivity contribution in [2.45, 2.75) is 115 Å². The van der Waals surface area contributed by atoms with E-state index in [9.17, 15) is 38.7 Å². The van der Waals surface area contributed by atoms with E-state index in [0.29, 0.717) is 37.0 Å². The second kappa shape index (κ2) is 31.2. The van der Waals surface area contributed by atoms with E-state index < -0.39 is 73.3 Å². The van der Waals surface area contributed by atoms with Gasteiger partial charge in [0.25, 0.3) is 0 Å². The number of allylic oxidation sites excluding steroid dienone is 1. The lowest BCUT2D eigenvalue weighted by Gasteiger charge is -2.31. The molecule has 0 aliphatic heterocycles. The summed E-state index contributed by atoms with van der Waals surface area (Å²) in [6.45, 7) is 2.06. The zero-order valence-electron chi connectivity index (χ0n) is 38.7. The van der Waals surface area contributed by atoms with Gasteiger partial charge in [0.1, 0.15) is 24.2 Å². The fraction of sp³-hybridized carbons (Fsp3) is 0.442. The van der Waals surface area contributed by atoms with Crippen molar-refractivity contribution in [3.8, 4) is 17.6 Å². The van der Waals surface area contributed by atoms with Crippen LogP contribution >= 0.6 is 0 Å². The minimum Gasteiger partial charge on any atom is -0.481 e. The van der Waals surface area contributed by atoms with E-state index in [1.165, 1.54) is 36.8 Å². The fourth-order valence-electron chi connectivity index (χ4n) is 6.74. The molecule has 0 aliphatic carbocycles. The Kier molecular flexibility index (Phi) is 25.4. The van der Waals surface area contributed by atoms with Crippen molar-refractivity contribution >= 4 is 41.5 Å². The molecule has 1 amide bonds. The molecule has 0 unspecified atom stereocenters. The molecule has 0 bridgehead atoms. The molecule has 67 heavy (non-hydrogen) atoms. The predicted octanol–water partition coefficient (Wildman–Crippen LogP) is 7.57. The fourth-order valence-corrected chi connectivity index (χ4v) is 6.74. The van der Waals surface area contributed by atoms with Crippen LogP contribution < -0.4 is 10.1 Å². The van der Waals surface area contributed by atoms with Crippen LogP contribution in [0.25, 0.3) is 0 Å². The van der Waals surface area contributed by atoms with E-state index in [0.717, 1.165) is 52.1 Å². The van der Waals surface area contributed by atoms with Gasteiger partial charge in [-0.25, -0.2) is 19.2 Å². The van der Waals surface area contributed by atoms with Crippen molar-refractivity contribution in [3.05, 3.63) is 114 Å². The van der Waals surface area contributed by atoms with Gasteiger partial charge in [0, 0.05) is 19.3 Å². The number of hydrogen-bond acceptors (Lipinski definition) is 14. The first kappa shape index (κ1) is 54.5. The van der Waals surface area contributed by atoms with E-state index in [-0.39, 0.29) is 29.9 Å². The highest BCUT2D eigenvalue weighted by molar-refractivity contribution is 5.96. The highest BCUT2D eigenvalue weighted by Crippen LogP contribution is 2.28. The Bertz CT molecular complexity index is 2110. The summed E-state index contributed by atoms with van der Waals surface area (Å²) in [5.74, 6) is -2.11. The van der Waals surface area contributed by atoms with Crippen LogP contribution in [0.4, 0.5) is 0 Å². The van der Waals surface area contributed by atoms with Gasteiger partial charge >= 0.3 is 29.8 Å². The third-order valence-corrected chi connectivity index (χ3v) is 10.5. The normalized spacial score (nSPS) is 12.5. The molecule has 2 N–H and O–H groups in total. The van der Waals surface area contributed by atoms with Crippen molar-refractivity contribution in [1.29, 1.82) is 0 Å². The number of unbranched alkanes of at least 4 members (excludes halogenated alkanes) is 8. The van der Waals surface area contributed by atoms with Gasteiger partial charge in [-0.05, 0) is 74.6 Å². The quantitative estimate of drug-likeness (QED) is 0.0159. The number of aliphatic hydroxyl groups is 1. The summed E-state index contributed by atoms with van der Waals surface area (Å²) in [4.78, 5) is 92.5. The molecular weight excluding hydrogens is 863 g/mol. The lowest BCUT2D eigenvalue weighted by molar-refractivity contribution is -0.187. The van der Waals surface area contributed by atoms with E-state index in [4.69, 9.17) is 28.4 Å². The monoisotopic (exact) mass is 925 g/mol. The molecule has 0 fully saturated rings. The first-order valence-corrected chi connectivity index (χ1v) is 22.6. The van der Waals surface area contributed by atoms with Crippen molar-refractivity contribution < 1.29 is 67.1 Å². The summed E-state index contributed by atoms with van der Waals surface area (Å²) >= 11 is 0. The number of nitrogens with one attached hydrogen (secondary N) is 1. The molecule has 0 aliphatic rings. The van der Waals surface area contributed by atoms with Gasteiger partial charge < -0.3 is 38.8 Å². The molecule has 0 aromatic heterocycles. The van der Waals surface area contributed by atoms with Gasteiger partial charge in [0.2, 0.25) is 19.5 Å². The molecule has 15 heteroatoms. The van der Waals surface area contributed by atoms with Gasteiger partial charge in [0.05, 0.1) is 30.6 Å². The highest BCUT2D eigenvalue weighted by atomic mass is 16.7. The van der Waals surface area contributed by atoms with E-state index in [1.807, 2.05) is 0 Å². The van der Waals surface area contributed by atoms with Crippen LogP contribution in [0.5, 0.6) is 5.75 Å². The van der Waals surface area contributed by atoms with Crippen LogP contribution in [-0.2, 0) is 54.1 Å². The summed E-state index contributed by atoms with van der Waals surface area (Å²) in [7, 11) is 1.13. The van der Waals surface area contributed by atoms with Gasteiger partial charge in [-0.15, -0.1) is 5.92 Å². The summed E-state index contributed by atoms with van der Waals surface area (Å²) in [6.07, 6.45) is 11.1. The maximum Gasteiger partial charge on any atom is 0.342 e. The summed E-state index contributed by atoms with van der Waals surface area (Å²) in [5, 5.41) is 14.8. The Labute approximate surface area is 392 Å². The molecular formula is C52H63NO14. The van der Waals surface area contributed by atoms with Gasteiger partial charge in [0.15, 0.2) is 5.60 Å². The molecule has 0 spiro atoms. The van der Waals surface area contributed by atoms with Gasteiger partial charge in [-0.2, -0.15) is 0 Å². The average Bonchev–Trinajstić information content (AvgIpc) is 3.33. The summed E-state index contributed by atoms with van der Waals surface area (Å²) < 4.78 is 31.0. The molecule has 3 aromatic carbocycles. The average molecular weight is 926 g/mol. The van der Waals surface area contributed by atoms with E-state index in [1.54, 1.807) is 73.7 Å². The third kappa shape index (κ3) is 20.5. The molecule has 0 radical (unpaired) electrons. The number of carbonyl (C=O) groups is 7. The molecule has 3 rings (SSSR count). The molecule has 360 valence electrons. The Morgan fingerprint density at radius 1 is 0.716 bits per heavy atom. The number of methoxy groups -OCH3 is 1. The number of hydrogen-bond donors (Lipinski definition) is 2. The zero-order chi connectivity index (χ0) is 48.7. The number of ether oxygens (including phenoxy) is 6. The molecule has 3 atom stereocenters. The Morgan fingerprint density at radius 2 is 1.28 bits per heavy atom. The SMILES string of the molecule is CC#CCOc1ccc(C[C@H](NC(=O)[C@@H](/C=C/CCCCCCC(=O)CCCCCCC)[C@@](O)(CC(=O)OCOC(=O)c2ccccc2)C(=O)OCOC(=O)c2ccccc2)C(=O)OC)cc1. The van der Waals surface area contributed by atoms with Gasteiger partial charge in [-0.3, -0.25) is 14.4 Å². The second-order valence-electron chi connectivity index (χ2n) is 15.6. The summed E-state index contributed by atoms with van der Waals surface area (Å²) in [5.41, 5.74) is -2.18. The Balaban J connectivity index is 1.86. The smallest absolute Gasteiger partial charge is 0.342 e. The second-order valence-corrected chi connectivity index (χ2v) is 15.6. The number of Topliss-reactive ketones (excluding diaryl/α,β-unsaturated/α-hetero) is 1. The highest BCUT2D eigenvalue weighted by Gasteiger charge is 2.51. The Hall–Kier alpha value is -6.79. The minimum atomic E-state index is -3.06.